The second-order valence-electron chi connectivity index (χ2n) is 4.38. The number of halogens is 1. The Bertz CT molecular complexity index is 652. The summed E-state index contributed by atoms with van der Waals surface area (Å²) in [7, 11) is 0. The Morgan fingerprint density at radius 1 is 1.14 bits per heavy atom. The summed E-state index contributed by atoms with van der Waals surface area (Å²) in [5.74, 6) is 0.515. The number of anilines is 1. The zero-order valence-electron chi connectivity index (χ0n) is 11.4. The number of rotatable bonds is 5. The molecule has 21 heavy (non-hydrogen) atoms. The van der Waals surface area contributed by atoms with E-state index in [2.05, 4.69) is 10.6 Å². The number of nitrogens with zero attached hydrogens (tertiary/aromatic N) is 1. The van der Waals surface area contributed by atoms with Crippen LogP contribution in [0.1, 0.15) is 6.42 Å². The molecule has 0 aliphatic rings. The number of aromatic nitrogens is 1. The fourth-order valence-corrected chi connectivity index (χ4v) is 1.92. The molecule has 5 nitrogen and oxygen atoms in total. The van der Waals surface area contributed by atoms with E-state index in [1.54, 1.807) is 42.6 Å². The first-order chi connectivity index (χ1) is 10.2. The molecule has 0 radical (unpaired) electrons. The van der Waals surface area contributed by atoms with Crippen LogP contribution < -0.4 is 16.2 Å². The van der Waals surface area contributed by atoms with Gasteiger partial charge >= 0.3 is 6.03 Å². The van der Waals surface area contributed by atoms with E-state index in [4.69, 9.17) is 11.6 Å². The first-order valence-corrected chi connectivity index (χ1v) is 7.13. The molecule has 2 amide bonds. The molecule has 1 heterocycles. The molecule has 0 atom stereocenters. The smallest absolute Gasteiger partial charge is 0.319 e. The molecule has 110 valence electrons. The SMILES string of the molecule is O=C(NCCCCl)Nc1ccc(-n2ccccc2=O)cc1. The number of urea groups is 1. The molecule has 2 N–H and O–H groups in total. The van der Waals surface area contributed by atoms with Crippen molar-refractivity contribution in [1.29, 1.82) is 0 Å². The molecule has 2 aromatic rings. The fraction of sp³-hybridized carbons (Fsp3) is 0.200. The highest BCUT2D eigenvalue weighted by molar-refractivity contribution is 6.17. The van der Waals surface area contributed by atoms with Gasteiger partial charge in [0.15, 0.2) is 0 Å². The minimum absolute atomic E-state index is 0.1000. The molecule has 0 spiro atoms. The lowest BCUT2D eigenvalue weighted by Crippen LogP contribution is -2.29. The molecule has 1 aromatic heterocycles. The third-order valence-electron chi connectivity index (χ3n) is 2.82. The summed E-state index contributed by atoms with van der Waals surface area (Å²) in [5, 5.41) is 5.41. The highest BCUT2D eigenvalue weighted by Crippen LogP contribution is 2.11. The van der Waals surface area contributed by atoms with Gasteiger partial charge in [-0.3, -0.25) is 9.36 Å². The van der Waals surface area contributed by atoms with Gasteiger partial charge in [0.1, 0.15) is 0 Å². The van der Waals surface area contributed by atoms with Crippen LogP contribution in [-0.2, 0) is 0 Å². The Labute approximate surface area is 127 Å². The van der Waals surface area contributed by atoms with E-state index in [9.17, 15) is 9.59 Å². The second kappa shape index (κ2) is 7.50. The lowest BCUT2D eigenvalue weighted by atomic mass is 10.2. The summed E-state index contributed by atoms with van der Waals surface area (Å²) in [6.45, 7) is 0.535. The van der Waals surface area contributed by atoms with Crippen molar-refractivity contribution in [2.24, 2.45) is 0 Å². The monoisotopic (exact) mass is 305 g/mol. The van der Waals surface area contributed by atoms with Crippen molar-refractivity contribution >= 4 is 23.3 Å². The van der Waals surface area contributed by atoms with Crippen molar-refractivity contribution in [3.63, 3.8) is 0 Å². The minimum Gasteiger partial charge on any atom is -0.338 e. The van der Waals surface area contributed by atoms with E-state index in [0.29, 0.717) is 18.1 Å². The molecule has 0 saturated heterocycles. The largest absolute Gasteiger partial charge is 0.338 e. The van der Waals surface area contributed by atoms with Crippen molar-refractivity contribution in [1.82, 2.24) is 9.88 Å². The third kappa shape index (κ3) is 4.36. The summed E-state index contributed by atoms with van der Waals surface area (Å²) in [6.07, 6.45) is 2.43. The highest BCUT2D eigenvalue weighted by atomic mass is 35.5. The topological polar surface area (TPSA) is 63.1 Å². The van der Waals surface area contributed by atoms with Crippen molar-refractivity contribution in [3.8, 4) is 5.69 Å². The normalized spacial score (nSPS) is 10.1. The summed E-state index contributed by atoms with van der Waals surface area (Å²) >= 11 is 5.53. The molecule has 0 aliphatic carbocycles. The number of hydrogen-bond acceptors (Lipinski definition) is 2. The molecule has 0 bridgehead atoms. The average molecular weight is 306 g/mol. The van der Waals surface area contributed by atoms with E-state index < -0.39 is 0 Å². The van der Waals surface area contributed by atoms with Gasteiger partial charge in [0.05, 0.1) is 0 Å². The lowest BCUT2D eigenvalue weighted by molar-refractivity contribution is 0.252. The summed E-state index contributed by atoms with van der Waals surface area (Å²) in [5.41, 5.74) is 1.30. The molecule has 0 aliphatic heterocycles. The maximum atomic E-state index is 11.7. The van der Waals surface area contributed by atoms with Gasteiger partial charge in [-0.25, -0.2) is 4.79 Å². The number of hydrogen-bond donors (Lipinski definition) is 2. The van der Waals surface area contributed by atoms with Crippen molar-refractivity contribution in [2.75, 3.05) is 17.7 Å². The van der Waals surface area contributed by atoms with Crippen LogP contribution >= 0.6 is 11.6 Å². The molecular weight excluding hydrogens is 290 g/mol. The van der Waals surface area contributed by atoms with Crippen LogP contribution in [0.3, 0.4) is 0 Å². The van der Waals surface area contributed by atoms with E-state index >= 15 is 0 Å². The van der Waals surface area contributed by atoms with Gasteiger partial charge in [0.25, 0.3) is 5.56 Å². The van der Waals surface area contributed by atoms with Crippen LogP contribution in [-0.4, -0.2) is 23.0 Å². The summed E-state index contributed by atoms with van der Waals surface area (Å²) in [4.78, 5) is 23.3. The van der Waals surface area contributed by atoms with Crippen LogP contribution in [0.25, 0.3) is 5.69 Å². The Kier molecular flexibility index (Phi) is 5.40. The van der Waals surface area contributed by atoms with Crippen molar-refractivity contribution in [3.05, 3.63) is 59.0 Å². The summed E-state index contributed by atoms with van der Waals surface area (Å²) in [6, 6.07) is 11.7. The van der Waals surface area contributed by atoms with Gasteiger partial charge in [-0.15, -0.1) is 11.6 Å². The van der Waals surface area contributed by atoms with E-state index in [0.717, 1.165) is 12.1 Å². The fourth-order valence-electron chi connectivity index (χ4n) is 1.79. The quantitative estimate of drug-likeness (QED) is 0.659. The predicted molar refractivity (Wildman–Crippen MR) is 84.4 cm³/mol. The number of amides is 2. The first kappa shape index (κ1) is 15.1. The van der Waals surface area contributed by atoms with Crippen molar-refractivity contribution < 1.29 is 4.79 Å². The number of alkyl halides is 1. The van der Waals surface area contributed by atoms with Gasteiger partial charge < -0.3 is 10.6 Å². The van der Waals surface area contributed by atoms with Crippen LogP contribution in [0.5, 0.6) is 0 Å². The first-order valence-electron chi connectivity index (χ1n) is 6.59. The van der Waals surface area contributed by atoms with Crippen LogP contribution in [0, 0.1) is 0 Å². The van der Waals surface area contributed by atoms with Crippen LogP contribution in [0.2, 0.25) is 0 Å². The molecule has 1 aromatic carbocycles. The predicted octanol–water partition coefficient (Wildman–Crippen LogP) is 2.59. The maximum absolute atomic E-state index is 11.7. The van der Waals surface area contributed by atoms with Gasteiger partial charge in [-0.05, 0) is 36.8 Å². The van der Waals surface area contributed by atoms with E-state index in [1.807, 2.05) is 0 Å². The maximum Gasteiger partial charge on any atom is 0.319 e. The molecular formula is C15H16ClN3O2. The number of carbonyl (C=O) groups excluding carboxylic acids is 1. The Hall–Kier alpha value is -2.27. The Balaban J connectivity index is 2.01. The standard InChI is InChI=1S/C15H16ClN3O2/c16-9-3-10-17-15(21)18-12-5-7-13(8-6-12)19-11-2-1-4-14(19)20/h1-2,4-8,11H,3,9-10H2,(H2,17,18,21). The second-order valence-corrected chi connectivity index (χ2v) is 4.76. The van der Waals surface area contributed by atoms with Crippen LogP contribution in [0.4, 0.5) is 10.5 Å². The number of nitrogens with one attached hydrogen (secondary N) is 2. The third-order valence-corrected chi connectivity index (χ3v) is 3.09. The minimum atomic E-state index is -0.273. The number of carbonyl (C=O) groups is 1. The number of pyridine rings is 1. The zero-order chi connectivity index (χ0) is 15.1. The van der Waals surface area contributed by atoms with Gasteiger partial charge in [-0.2, -0.15) is 0 Å². The Morgan fingerprint density at radius 3 is 2.57 bits per heavy atom. The highest BCUT2D eigenvalue weighted by Gasteiger charge is 2.02. The van der Waals surface area contributed by atoms with Crippen molar-refractivity contribution in [2.45, 2.75) is 6.42 Å². The van der Waals surface area contributed by atoms with Gasteiger partial charge in [0.2, 0.25) is 0 Å². The van der Waals surface area contributed by atoms with E-state index in [1.165, 1.54) is 10.6 Å². The van der Waals surface area contributed by atoms with E-state index in [-0.39, 0.29) is 11.6 Å². The molecule has 0 fully saturated rings. The molecule has 6 heteroatoms. The summed E-state index contributed by atoms with van der Waals surface area (Å²) < 4.78 is 1.53. The van der Waals surface area contributed by atoms with Gasteiger partial charge in [-0.1, -0.05) is 6.07 Å². The van der Waals surface area contributed by atoms with Crippen LogP contribution in [0.15, 0.2) is 53.5 Å². The average Bonchev–Trinajstić information content (AvgIpc) is 2.49. The zero-order valence-corrected chi connectivity index (χ0v) is 12.1. The molecule has 0 saturated carbocycles. The Morgan fingerprint density at radius 2 is 1.90 bits per heavy atom. The van der Waals surface area contributed by atoms with Gasteiger partial charge in [0, 0.05) is 36.1 Å². The molecule has 2 rings (SSSR count). The molecule has 0 unspecified atom stereocenters. The number of benzene rings is 1. The lowest BCUT2D eigenvalue weighted by Gasteiger charge is -2.09.